The van der Waals surface area contributed by atoms with E-state index in [0.717, 1.165) is 43.3 Å². The molecule has 0 bridgehead atoms. The molecule has 0 aromatic heterocycles. The summed E-state index contributed by atoms with van der Waals surface area (Å²) in [5, 5.41) is 16.1. The van der Waals surface area contributed by atoms with E-state index < -0.39 is 0 Å². The minimum atomic E-state index is 0.238. The van der Waals surface area contributed by atoms with Crippen molar-refractivity contribution in [3.63, 3.8) is 0 Å². The van der Waals surface area contributed by atoms with Crippen molar-refractivity contribution in [2.24, 2.45) is 35.3 Å². The molecule has 4 fully saturated rings. The quantitative estimate of drug-likeness (QED) is 0.186. The molecule has 1 saturated heterocycles. The van der Waals surface area contributed by atoms with E-state index in [1.807, 2.05) is 0 Å². The van der Waals surface area contributed by atoms with Gasteiger partial charge in [0.2, 0.25) is 0 Å². The second-order valence-electron chi connectivity index (χ2n) is 14.0. The van der Waals surface area contributed by atoms with Crippen LogP contribution >= 0.6 is 11.6 Å². The van der Waals surface area contributed by atoms with Crippen LogP contribution in [0.15, 0.2) is 0 Å². The lowest BCUT2D eigenvalue weighted by atomic mass is 9.79. The number of halogens is 1. The molecular weight excluding hydrogens is 504 g/mol. The zero-order chi connectivity index (χ0) is 27.6. The number of nitrogens with one attached hydrogen (secondary N) is 4. The van der Waals surface area contributed by atoms with E-state index in [-0.39, 0.29) is 6.29 Å². The first-order valence-electron chi connectivity index (χ1n) is 17.0. The first-order chi connectivity index (χ1) is 19.0. The van der Waals surface area contributed by atoms with Gasteiger partial charge in [-0.05, 0) is 128 Å². The maximum Gasteiger partial charge on any atom is 0.113 e. The molecule has 1 aliphatic heterocycles. The summed E-state index contributed by atoms with van der Waals surface area (Å²) in [7, 11) is 4.47. The zero-order valence-corrected chi connectivity index (χ0v) is 26.4. The van der Waals surface area contributed by atoms with E-state index >= 15 is 0 Å². The SMILES string of the molecule is CCCC(CCC1CCC(Cl)CC1)C(CN)CNCC1CCC(NC2NC3CCCCC3C(N(C)C)N2)CC1. The standard InChI is InChI=1S/C32H63ClN6/c1-4-7-25(15-10-23-11-16-27(33)17-12-23)26(20-34)22-35-21-24-13-18-28(19-14-24)36-32-37-30-9-6-5-8-29(30)31(38-32)39(2)3/h23-32,35-38H,4-22,34H2,1-3H3. The summed E-state index contributed by atoms with van der Waals surface area (Å²) in [5.41, 5.74) is 6.35. The van der Waals surface area contributed by atoms with E-state index in [4.69, 9.17) is 17.3 Å². The number of nitrogens with two attached hydrogens (primary N) is 1. The lowest BCUT2D eigenvalue weighted by molar-refractivity contribution is 0.0290. The van der Waals surface area contributed by atoms with E-state index in [0.29, 0.717) is 29.5 Å². The fraction of sp³-hybridized carbons (Fsp3) is 1.00. The minimum Gasteiger partial charge on any atom is -0.330 e. The lowest BCUT2D eigenvalue weighted by Crippen LogP contribution is -2.72. The normalized spacial score (nSPS) is 37.4. The summed E-state index contributed by atoms with van der Waals surface area (Å²) in [6, 6.07) is 1.27. The third-order valence-electron chi connectivity index (χ3n) is 10.9. The lowest BCUT2D eigenvalue weighted by Gasteiger charge is -2.49. The zero-order valence-electron chi connectivity index (χ0n) is 25.6. The van der Waals surface area contributed by atoms with Gasteiger partial charge in [0.05, 0.1) is 6.17 Å². The molecule has 0 aromatic carbocycles. The van der Waals surface area contributed by atoms with Crippen LogP contribution in [0.3, 0.4) is 0 Å². The van der Waals surface area contributed by atoms with Crippen molar-refractivity contribution in [2.75, 3.05) is 33.7 Å². The Morgan fingerprint density at radius 3 is 2.28 bits per heavy atom. The molecule has 6 atom stereocenters. The second-order valence-corrected chi connectivity index (χ2v) is 14.6. The smallest absolute Gasteiger partial charge is 0.113 e. The average Bonchev–Trinajstić information content (AvgIpc) is 2.95. The summed E-state index contributed by atoms with van der Waals surface area (Å²) >= 11 is 6.34. The van der Waals surface area contributed by atoms with Crippen molar-refractivity contribution in [3.8, 4) is 0 Å². The Kier molecular flexibility index (Phi) is 13.6. The summed E-state index contributed by atoms with van der Waals surface area (Å²) in [5.74, 6) is 3.82. The van der Waals surface area contributed by atoms with Crippen molar-refractivity contribution in [1.29, 1.82) is 0 Å². The third-order valence-corrected chi connectivity index (χ3v) is 11.4. The number of hydrogen-bond donors (Lipinski definition) is 5. The minimum absolute atomic E-state index is 0.238. The Morgan fingerprint density at radius 2 is 1.59 bits per heavy atom. The highest BCUT2D eigenvalue weighted by atomic mass is 35.5. The molecule has 39 heavy (non-hydrogen) atoms. The van der Waals surface area contributed by atoms with E-state index in [9.17, 15) is 0 Å². The van der Waals surface area contributed by atoms with Crippen molar-refractivity contribution >= 4 is 11.6 Å². The van der Waals surface area contributed by atoms with Crippen LogP contribution in [0.4, 0.5) is 0 Å². The Labute approximate surface area is 246 Å². The molecule has 0 radical (unpaired) electrons. The number of hydrogen-bond acceptors (Lipinski definition) is 6. The first kappa shape index (κ1) is 32.0. The van der Waals surface area contributed by atoms with Gasteiger partial charge < -0.3 is 11.1 Å². The van der Waals surface area contributed by atoms with Crippen LogP contribution < -0.4 is 27.0 Å². The number of rotatable bonds is 14. The molecule has 0 aromatic rings. The van der Waals surface area contributed by atoms with Gasteiger partial charge in [0, 0.05) is 23.4 Å². The van der Waals surface area contributed by atoms with Gasteiger partial charge in [0.1, 0.15) is 6.29 Å². The number of nitrogens with zero attached hydrogens (tertiary/aromatic N) is 1. The second kappa shape index (κ2) is 16.6. The Balaban J connectivity index is 1.14. The van der Waals surface area contributed by atoms with E-state index in [1.54, 1.807) is 0 Å². The number of alkyl halides is 1. The van der Waals surface area contributed by atoms with Gasteiger partial charge >= 0.3 is 0 Å². The van der Waals surface area contributed by atoms with Gasteiger partial charge in [-0.3, -0.25) is 20.9 Å². The van der Waals surface area contributed by atoms with Gasteiger partial charge in [0.25, 0.3) is 0 Å². The molecule has 0 spiro atoms. The fourth-order valence-electron chi connectivity index (χ4n) is 8.46. The third kappa shape index (κ3) is 9.80. The molecule has 0 amide bonds. The van der Waals surface area contributed by atoms with Crippen molar-refractivity contribution in [3.05, 3.63) is 0 Å². The van der Waals surface area contributed by atoms with Crippen LogP contribution in [0, 0.1) is 29.6 Å². The Bertz CT molecular complexity index is 663. The molecule has 4 aliphatic rings. The van der Waals surface area contributed by atoms with Crippen LogP contribution in [0.1, 0.15) is 110 Å². The van der Waals surface area contributed by atoms with Gasteiger partial charge in [-0.1, -0.05) is 39.0 Å². The molecule has 6 unspecified atom stereocenters. The molecule has 1 heterocycles. The van der Waals surface area contributed by atoms with Gasteiger partial charge in [-0.2, -0.15) is 0 Å². The molecule has 4 rings (SSSR count). The van der Waals surface area contributed by atoms with Gasteiger partial charge in [0.15, 0.2) is 0 Å². The predicted octanol–water partition coefficient (Wildman–Crippen LogP) is 5.22. The first-order valence-corrected chi connectivity index (χ1v) is 17.4. The van der Waals surface area contributed by atoms with Gasteiger partial charge in [-0.15, -0.1) is 11.6 Å². The summed E-state index contributed by atoms with van der Waals surface area (Å²) in [6.45, 7) is 5.41. The topological polar surface area (TPSA) is 77.4 Å². The fourth-order valence-corrected chi connectivity index (χ4v) is 8.71. The monoisotopic (exact) mass is 566 g/mol. The van der Waals surface area contributed by atoms with Crippen molar-refractivity contribution in [2.45, 2.75) is 140 Å². The van der Waals surface area contributed by atoms with Crippen molar-refractivity contribution in [1.82, 2.24) is 26.2 Å². The highest BCUT2D eigenvalue weighted by Crippen LogP contribution is 2.34. The Hall–Kier alpha value is 0.0500. The summed E-state index contributed by atoms with van der Waals surface area (Å²) < 4.78 is 0. The molecular formula is C32H63ClN6. The Morgan fingerprint density at radius 1 is 0.872 bits per heavy atom. The largest absolute Gasteiger partial charge is 0.330 e. The molecule has 6 nitrogen and oxygen atoms in total. The molecule has 3 aliphatic carbocycles. The van der Waals surface area contributed by atoms with Crippen molar-refractivity contribution < 1.29 is 0 Å². The molecule has 7 heteroatoms. The molecule has 228 valence electrons. The maximum absolute atomic E-state index is 6.35. The van der Waals surface area contributed by atoms with Crippen LogP contribution in [0.25, 0.3) is 0 Å². The van der Waals surface area contributed by atoms with Gasteiger partial charge in [-0.25, -0.2) is 0 Å². The highest BCUT2D eigenvalue weighted by Gasteiger charge is 2.40. The highest BCUT2D eigenvalue weighted by molar-refractivity contribution is 6.20. The number of fused-ring (bicyclic) bond motifs is 1. The van der Waals surface area contributed by atoms with E-state index in [1.165, 1.54) is 103 Å². The molecule has 3 saturated carbocycles. The van der Waals surface area contributed by atoms with Crippen LogP contribution in [-0.2, 0) is 0 Å². The summed E-state index contributed by atoms with van der Waals surface area (Å²) in [6.07, 6.45) is 21.8. The predicted molar refractivity (Wildman–Crippen MR) is 167 cm³/mol. The van der Waals surface area contributed by atoms with Crippen LogP contribution in [-0.4, -0.2) is 68.5 Å². The van der Waals surface area contributed by atoms with Crippen LogP contribution in [0.5, 0.6) is 0 Å². The van der Waals surface area contributed by atoms with Crippen LogP contribution in [0.2, 0.25) is 0 Å². The average molecular weight is 567 g/mol. The maximum atomic E-state index is 6.35. The van der Waals surface area contributed by atoms with E-state index in [2.05, 4.69) is 47.2 Å². The summed E-state index contributed by atoms with van der Waals surface area (Å²) in [4.78, 5) is 2.40. The molecule has 6 N–H and O–H groups in total.